The van der Waals surface area contributed by atoms with Crippen LogP contribution in [0.25, 0.3) is 0 Å². The molecule has 2 rings (SSSR count). The molecule has 0 spiro atoms. The molecule has 3 N–H and O–H groups in total. The Balaban J connectivity index is 2.02. The number of nitrogens with two attached hydrogens (primary N) is 1. The summed E-state index contributed by atoms with van der Waals surface area (Å²) in [6, 6.07) is 9.17. The number of thiophene rings is 1. The van der Waals surface area contributed by atoms with Gasteiger partial charge in [-0.2, -0.15) is 0 Å². The van der Waals surface area contributed by atoms with Gasteiger partial charge in [-0.15, -0.1) is 11.3 Å². The summed E-state index contributed by atoms with van der Waals surface area (Å²) in [4.78, 5) is 13.4. The van der Waals surface area contributed by atoms with Crippen LogP contribution in [0.3, 0.4) is 0 Å². The van der Waals surface area contributed by atoms with Gasteiger partial charge in [0.15, 0.2) is 0 Å². The molecular weight excluding hydrogens is 280 g/mol. The minimum Gasteiger partial charge on any atom is -0.397 e. The maximum absolute atomic E-state index is 12.1. The molecule has 1 unspecified atom stereocenters. The van der Waals surface area contributed by atoms with Gasteiger partial charge in [0.2, 0.25) is 0 Å². The molecular formula is C14H15ClN2OS. The van der Waals surface area contributed by atoms with Crippen LogP contribution in [-0.4, -0.2) is 11.9 Å². The highest BCUT2D eigenvalue weighted by Crippen LogP contribution is 2.22. The summed E-state index contributed by atoms with van der Waals surface area (Å²) in [5, 5.41) is 5.36. The van der Waals surface area contributed by atoms with E-state index in [1.165, 1.54) is 4.88 Å². The lowest BCUT2D eigenvalue weighted by Gasteiger charge is -2.14. The van der Waals surface area contributed by atoms with Gasteiger partial charge in [0, 0.05) is 17.3 Å². The number of anilines is 1. The number of rotatable bonds is 4. The fourth-order valence-corrected chi connectivity index (χ4v) is 2.83. The summed E-state index contributed by atoms with van der Waals surface area (Å²) in [6.07, 6.45) is 0.809. The van der Waals surface area contributed by atoms with Crippen LogP contribution in [0.15, 0.2) is 35.7 Å². The van der Waals surface area contributed by atoms with E-state index in [0.717, 1.165) is 6.42 Å². The Bertz CT molecular complexity index is 569. The minimum absolute atomic E-state index is 0.0459. The van der Waals surface area contributed by atoms with E-state index in [0.29, 0.717) is 16.3 Å². The predicted molar refractivity (Wildman–Crippen MR) is 80.8 cm³/mol. The summed E-state index contributed by atoms with van der Waals surface area (Å²) < 4.78 is 0. The molecule has 0 saturated carbocycles. The second-order valence-corrected chi connectivity index (χ2v) is 5.80. The second-order valence-electron chi connectivity index (χ2n) is 4.36. The SMILES string of the molecule is CC(Cc1cccs1)NC(=O)c1cccc(Cl)c1N. The van der Waals surface area contributed by atoms with Crippen molar-refractivity contribution in [1.82, 2.24) is 5.32 Å². The highest BCUT2D eigenvalue weighted by molar-refractivity contribution is 7.09. The van der Waals surface area contributed by atoms with Crippen molar-refractivity contribution in [3.05, 3.63) is 51.2 Å². The van der Waals surface area contributed by atoms with Gasteiger partial charge < -0.3 is 11.1 Å². The summed E-state index contributed by atoms with van der Waals surface area (Å²) in [7, 11) is 0. The lowest BCUT2D eigenvalue weighted by molar-refractivity contribution is 0.0941. The van der Waals surface area contributed by atoms with E-state index in [1.807, 2.05) is 18.4 Å². The van der Waals surface area contributed by atoms with Gasteiger partial charge >= 0.3 is 0 Å². The third kappa shape index (κ3) is 3.49. The molecule has 0 radical (unpaired) electrons. The first kappa shape index (κ1) is 13.9. The van der Waals surface area contributed by atoms with E-state index >= 15 is 0 Å². The van der Waals surface area contributed by atoms with Crippen molar-refractivity contribution in [2.45, 2.75) is 19.4 Å². The number of halogens is 1. The molecule has 2 aromatic rings. The lowest BCUT2D eigenvalue weighted by atomic mass is 10.1. The number of hydrogen-bond acceptors (Lipinski definition) is 3. The van der Waals surface area contributed by atoms with E-state index in [-0.39, 0.29) is 11.9 Å². The van der Waals surface area contributed by atoms with Gasteiger partial charge in [0.25, 0.3) is 5.91 Å². The van der Waals surface area contributed by atoms with Crippen LogP contribution in [0.4, 0.5) is 5.69 Å². The third-order valence-corrected chi connectivity index (χ3v) is 3.99. The molecule has 1 atom stereocenters. The zero-order valence-electron chi connectivity index (χ0n) is 10.5. The predicted octanol–water partition coefficient (Wildman–Crippen LogP) is 3.34. The highest BCUT2D eigenvalue weighted by atomic mass is 35.5. The van der Waals surface area contributed by atoms with E-state index in [4.69, 9.17) is 17.3 Å². The number of amides is 1. The second kappa shape index (κ2) is 6.08. The molecule has 5 heteroatoms. The largest absolute Gasteiger partial charge is 0.397 e. The Hall–Kier alpha value is -1.52. The van der Waals surface area contributed by atoms with Crippen LogP contribution in [0.5, 0.6) is 0 Å². The first-order chi connectivity index (χ1) is 9.08. The van der Waals surface area contributed by atoms with Crippen molar-refractivity contribution in [3.8, 4) is 0 Å². The quantitative estimate of drug-likeness (QED) is 0.850. The first-order valence-corrected chi connectivity index (χ1v) is 7.21. The van der Waals surface area contributed by atoms with E-state index in [2.05, 4.69) is 11.4 Å². The summed E-state index contributed by atoms with van der Waals surface area (Å²) in [6.45, 7) is 1.97. The Morgan fingerprint density at radius 3 is 2.89 bits per heavy atom. The smallest absolute Gasteiger partial charge is 0.253 e. The number of carbonyl (C=O) groups is 1. The monoisotopic (exact) mass is 294 g/mol. The zero-order chi connectivity index (χ0) is 13.8. The Morgan fingerprint density at radius 2 is 2.21 bits per heavy atom. The maximum Gasteiger partial charge on any atom is 0.253 e. The van der Waals surface area contributed by atoms with Gasteiger partial charge in [0.05, 0.1) is 16.3 Å². The van der Waals surface area contributed by atoms with Gasteiger partial charge in [-0.05, 0) is 30.5 Å². The fraction of sp³-hybridized carbons (Fsp3) is 0.214. The molecule has 0 aliphatic carbocycles. The van der Waals surface area contributed by atoms with Crippen LogP contribution in [0, 0.1) is 0 Å². The Kier molecular flexibility index (Phi) is 4.45. The molecule has 1 aromatic carbocycles. The molecule has 3 nitrogen and oxygen atoms in total. The average molecular weight is 295 g/mol. The van der Waals surface area contributed by atoms with Gasteiger partial charge in [-0.1, -0.05) is 23.7 Å². The van der Waals surface area contributed by atoms with Crippen LogP contribution in [0.2, 0.25) is 5.02 Å². The fourth-order valence-electron chi connectivity index (χ4n) is 1.82. The molecule has 0 aliphatic heterocycles. The average Bonchev–Trinajstić information content (AvgIpc) is 2.85. The number of hydrogen-bond donors (Lipinski definition) is 2. The normalized spacial score (nSPS) is 12.1. The van der Waals surface area contributed by atoms with Crippen molar-refractivity contribution in [2.24, 2.45) is 0 Å². The topological polar surface area (TPSA) is 55.1 Å². The number of para-hydroxylation sites is 1. The minimum atomic E-state index is -0.191. The van der Waals surface area contributed by atoms with Crippen LogP contribution < -0.4 is 11.1 Å². The highest BCUT2D eigenvalue weighted by Gasteiger charge is 2.14. The van der Waals surface area contributed by atoms with Crippen LogP contribution in [0.1, 0.15) is 22.2 Å². The Labute approximate surface area is 121 Å². The lowest BCUT2D eigenvalue weighted by Crippen LogP contribution is -2.34. The number of nitrogen functional groups attached to an aromatic ring is 1. The standard InChI is InChI=1S/C14H15ClN2OS/c1-9(8-10-4-3-7-19-10)17-14(18)11-5-2-6-12(15)13(11)16/h2-7,9H,8,16H2,1H3,(H,17,18). The van der Waals surface area contributed by atoms with Crippen molar-refractivity contribution in [2.75, 3.05) is 5.73 Å². The molecule has 1 amide bonds. The molecule has 0 bridgehead atoms. The Morgan fingerprint density at radius 1 is 1.42 bits per heavy atom. The van der Waals surface area contributed by atoms with E-state index in [1.54, 1.807) is 29.5 Å². The number of benzene rings is 1. The maximum atomic E-state index is 12.1. The molecule has 0 aliphatic rings. The van der Waals surface area contributed by atoms with Gasteiger partial charge in [-0.3, -0.25) is 4.79 Å². The molecule has 1 heterocycles. The number of carbonyl (C=O) groups excluding carboxylic acids is 1. The zero-order valence-corrected chi connectivity index (χ0v) is 12.1. The summed E-state index contributed by atoms with van der Waals surface area (Å²) in [5.41, 5.74) is 6.55. The van der Waals surface area contributed by atoms with Crippen molar-refractivity contribution < 1.29 is 4.79 Å². The summed E-state index contributed by atoms with van der Waals surface area (Å²) in [5.74, 6) is -0.191. The van der Waals surface area contributed by atoms with E-state index < -0.39 is 0 Å². The molecule has 1 aromatic heterocycles. The third-order valence-electron chi connectivity index (χ3n) is 2.76. The van der Waals surface area contributed by atoms with Crippen LogP contribution >= 0.6 is 22.9 Å². The molecule has 100 valence electrons. The van der Waals surface area contributed by atoms with Gasteiger partial charge in [0.1, 0.15) is 0 Å². The van der Waals surface area contributed by atoms with Crippen molar-refractivity contribution in [3.63, 3.8) is 0 Å². The first-order valence-electron chi connectivity index (χ1n) is 5.95. The molecule has 19 heavy (non-hydrogen) atoms. The molecule has 0 fully saturated rings. The van der Waals surface area contributed by atoms with Crippen molar-refractivity contribution >= 4 is 34.5 Å². The molecule has 0 saturated heterocycles. The summed E-state index contributed by atoms with van der Waals surface area (Å²) >= 11 is 7.59. The van der Waals surface area contributed by atoms with Crippen LogP contribution in [-0.2, 0) is 6.42 Å². The van der Waals surface area contributed by atoms with Gasteiger partial charge in [-0.25, -0.2) is 0 Å². The van der Waals surface area contributed by atoms with Crippen molar-refractivity contribution in [1.29, 1.82) is 0 Å². The number of nitrogens with one attached hydrogen (secondary N) is 1. The van der Waals surface area contributed by atoms with E-state index in [9.17, 15) is 4.79 Å².